The molecule has 2 aliphatic heterocycles. The van der Waals surface area contributed by atoms with E-state index >= 15 is 0 Å². The number of benzene rings is 2. The molecule has 2 heterocycles. The highest BCUT2D eigenvalue weighted by molar-refractivity contribution is 7.89. The molecule has 2 aliphatic rings. The summed E-state index contributed by atoms with van der Waals surface area (Å²) in [5.74, 6) is -0.0913. The summed E-state index contributed by atoms with van der Waals surface area (Å²) in [4.78, 5) is 13.4. The third kappa shape index (κ3) is 3.70. The first-order valence-electron chi connectivity index (χ1n) is 9.47. The lowest BCUT2D eigenvalue weighted by molar-refractivity contribution is -0.138. The van der Waals surface area contributed by atoms with Crippen molar-refractivity contribution in [2.75, 3.05) is 26.3 Å². The predicted octanol–water partition coefficient (Wildman–Crippen LogP) is 1.83. The van der Waals surface area contributed by atoms with E-state index in [9.17, 15) is 13.2 Å². The largest absolute Gasteiger partial charge is 0.379 e. The van der Waals surface area contributed by atoms with Gasteiger partial charge in [0.15, 0.2) is 0 Å². The number of ether oxygens (including phenoxy) is 1. The highest BCUT2D eigenvalue weighted by atomic mass is 32.2. The normalized spacial score (nSPS) is 21.8. The fourth-order valence-corrected chi connectivity index (χ4v) is 5.48. The molecule has 1 unspecified atom stereocenters. The number of carbonyl (C=O) groups excluding carboxylic acids is 1. The maximum atomic E-state index is 13.1. The summed E-state index contributed by atoms with van der Waals surface area (Å²) >= 11 is 0. The summed E-state index contributed by atoms with van der Waals surface area (Å²) in [6.45, 7) is 1.52. The average Bonchev–Trinajstić information content (AvgIpc) is 3.18. The predicted molar refractivity (Wildman–Crippen MR) is 105 cm³/mol. The number of hydrogen-bond acceptors (Lipinski definition) is 4. The Morgan fingerprint density at radius 2 is 1.71 bits per heavy atom. The van der Waals surface area contributed by atoms with Crippen LogP contribution in [-0.4, -0.2) is 51.0 Å². The molecule has 0 aliphatic carbocycles. The summed E-state index contributed by atoms with van der Waals surface area (Å²) in [6, 6.07) is 18.1. The van der Waals surface area contributed by atoms with Crippen LogP contribution >= 0.6 is 0 Å². The van der Waals surface area contributed by atoms with E-state index in [1.807, 2.05) is 30.3 Å². The third-order valence-corrected chi connectivity index (χ3v) is 7.28. The van der Waals surface area contributed by atoms with Crippen molar-refractivity contribution in [3.63, 3.8) is 0 Å². The van der Waals surface area contributed by atoms with E-state index in [1.165, 1.54) is 4.31 Å². The van der Waals surface area contributed by atoms with Gasteiger partial charge in [0.25, 0.3) is 0 Å². The first kappa shape index (κ1) is 19.1. The first-order chi connectivity index (χ1) is 13.5. The molecule has 0 bridgehead atoms. The van der Waals surface area contributed by atoms with Crippen LogP contribution in [0.25, 0.3) is 0 Å². The molecule has 2 aromatic carbocycles. The van der Waals surface area contributed by atoms with Gasteiger partial charge in [0.1, 0.15) is 0 Å². The fraction of sp³-hybridized carbons (Fsp3) is 0.381. The summed E-state index contributed by atoms with van der Waals surface area (Å²) in [5, 5.41) is 3.07. The van der Waals surface area contributed by atoms with Gasteiger partial charge in [-0.05, 0) is 30.5 Å². The van der Waals surface area contributed by atoms with Crippen LogP contribution in [-0.2, 0) is 26.0 Å². The van der Waals surface area contributed by atoms with Gasteiger partial charge < -0.3 is 10.1 Å². The van der Waals surface area contributed by atoms with Crippen LogP contribution in [0.3, 0.4) is 0 Å². The van der Waals surface area contributed by atoms with Gasteiger partial charge in [-0.1, -0.05) is 48.5 Å². The number of carbonyl (C=O) groups is 1. The van der Waals surface area contributed by atoms with Gasteiger partial charge in [0.2, 0.25) is 15.9 Å². The highest BCUT2D eigenvalue weighted by Crippen LogP contribution is 2.38. The van der Waals surface area contributed by atoms with E-state index < -0.39 is 15.4 Å². The van der Waals surface area contributed by atoms with Gasteiger partial charge >= 0.3 is 0 Å². The maximum Gasteiger partial charge on any atom is 0.243 e. The first-order valence-corrected chi connectivity index (χ1v) is 10.9. The summed E-state index contributed by atoms with van der Waals surface area (Å²) in [7, 11) is -3.60. The number of amides is 1. The molecule has 0 aromatic heterocycles. The molecule has 4 rings (SSSR count). The SMILES string of the molecule is O=C(NC1CCOC1)C1(Cc2ccccc2)CN(S(=O)(=O)c2ccccc2)C1. The molecule has 148 valence electrons. The highest BCUT2D eigenvalue weighted by Gasteiger charge is 2.53. The summed E-state index contributed by atoms with van der Waals surface area (Å²) < 4.78 is 32.5. The van der Waals surface area contributed by atoms with Gasteiger partial charge in [-0.25, -0.2) is 8.42 Å². The summed E-state index contributed by atoms with van der Waals surface area (Å²) in [6.07, 6.45) is 1.30. The topological polar surface area (TPSA) is 75.7 Å². The van der Waals surface area contributed by atoms with E-state index in [2.05, 4.69) is 5.32 Å². The molecule has 7 heteroatoms. The van der Waals surface area contributed by atoms with Crippen LogP contribution in [0.5, 0.6) is 0 Å². The molecule has 0 radical (unpaired) electrons. The number of sulfonamides is 1. The fourth-order valence-electron chi connectivity index (χ4n) is 3.85. The van der Waals surface area contributed by atoms with Crippen LogP contribution < -0.4 is 5.32 Å². The second kappa shape index (κ2) is 7.66. The second-order valence-corrected chi connectivity index (χ2v) is 9.50. The van der Waals surface area contributed by atoms with E-state index in [0.29, 0.717) is 19.6 Å². The Morgan fingerprint density at radius 1 is 1.07 bits per heavy atom. The Labute approximate surface area is 165 Å². The van der Waals surface area contributed by atoms with Gasteiger partial charge in [-0.3, -0.25) is 4.79 Å². The van der Waals surface area contributed by atoms with Crippen LogP contribution in [0.1, 0.15) is 12.0 Å². The Balaban J connectivity index is 1.54. The zero-order chi connectivity index (χ0) is 19.6. The molecule has 28 heavy (non-hydrogen) atoms. The van der Waals surface area contributed by atoms with E-state index in [0.717, 1.165) is 12.0 Å². The third-order valence-electron chi connectivity index (χ3n) is 5.47. The number of rotatable bonds is 6. The van der Waals surface area contributed by atoms with Crippen molar-refractivity contribution in [2.45, 2.75) is 23.8 Å². The van der Waals surface area contributed by atoms with Crippen molar-refractivity contribution < 1.29 is 17.9 Å². The molecule has 0 saturated carbocycles. The van der Waals surface area contributed by atoms with Gasteiger partial charge in [-0.15, -0.1) is 0 Å². The van der Waals surface area contributed by atoms with Crippen LogP contribution in [0, 0.1) is 5.41 Å². The van der Waals surface area contributed by atoms with Crippen molar-refractivity contribution >= 4 is 15.9 Å². The van der Waals surface area contributed by atoms with E-state index in [4.69, 9.17) is 4.74 Å². The zero-order valence-corrected chi connectivity index (χ0v) is 16.4. The minimum absolute atomic E-state index is 0.0000659. The molecule has 0 spiro atoms. The molecule has 6 nitrogen and oxygen atoms in total. The van der Waals surface area contributed by atoms with Crippen LogP contribution in [0.2, 0.25) is 0 Å². The second-order valence-electron chi connectivity index (χ2n) is 7.56. The molecular formula is C21H24N2O4S. The molecule has 2 fully saturated rings. The maximum absolute atomic E-state index is 13.1. The van der Waals surface area contributed by atoms with Crippen molar-refractivity contribution in [2.24, 2.45) is 5.41 Å². The molecule has 2 aromatic rings. The Kier molecular flexibility index (Phi) is 5.23. The summed E-state index contributed by atoms with van der Waals surface area (Å²) in [5.41, 5.74) is 0.267. The molecule has 1 N–H and O–H groups in total. The van der Waals surface area contributed by atoms with Gasteiger partial charge in [-0.2, -0.15) is 4.31 Å². The Hall–Kier alpha value is -2.22. The van der Waals surface area contributed by atoms with Crippen molar-refractivity contribution in [1.29, 1.82) is 0 Å². The smallest absolute Gasteiger partial charge is 0.243 e. The Bertz CT molecular complexity index is 919. The van der Waals surface area contributed by atoms with Crippen LogP contribution in [0.15, 0.2) is 65.6 Å². The minimum Gasteiger partial charge on any atom is -0.379 e. The molecule has 2 saturated heterocycles. The van der Waals surface area contributed by atoms with E-state index in [-0.39, 0.29) is 29.9 Å². The van der Waals surface area contributed by atoms with E-state index in [1.54, 1.807) is 30.3 Å². The van der Waals surface area contributed by atoms with Gasteiger partial charge in [0.05, 0.1) is 23.0 Å². The zero-order valence-electron chi connectivity index (χ0n) is 15.6. The minimum atomic E-state index is -3.60. The monoisotopic (exact) mass is 400 g/mol. The lowest BCUT2D eigenvalue weighted by Gasteiger charge is -2.48. The van der Waals surface area contributed by atoms with Crippen molar-refractivity contribution in [1.82, 2.24) is 9.62 Å². The van der Waals surface area contributed by atoms with Crippen molar-refractivity contribution in [3.05, 3.63) is 66.2 Å². The molecular weight excluding hydrogens is 376 g/mol. The quantitative estimate of drug-likeness (QED) is 0.803. The standard InChI is InChI=1S/C21H24N2O4S/c24-20(22-18-11-12-27-14-18)21(13-17-7-3-1-4-8-17)15-23(16-21)28(25,26)19-9-5-2-6-10-19/h1-10,18H,11-16H2,(H,22,24). The van der Waals surface area contributed by atoms with Gasteiger partial charge in [0, 0.05) is 19.7 Å². The lowest BCUT2D eigenvalue weighted by Crippen LogP contribution is -2.66. The number of nitrogens with zero attached hydrogens (tertiary/aromatic N) is 1. The number of nitrogens with one attached hydrogen (secondary N) is 1. The number of hydrogen-bond donors (Lipinski definition) is 1. The average molecular weight is 401 g/mol. The molecule has 1 amide bonds. The Morgan fingerprint density at radius 3 is 2.32 bits per heavy atom. The molecule has 1 atom stereocenters. The lowest BCUT2D eigenvalue weighted by atomic mass is 9.75. The van der Waals surface area contributed by atoms with Crippen molar-refractivity contribution in [3.8, 4) is 0 Å². The van der Waals surface area contributed by atoms with Crippen LogP contribution in [0.4, 0.5) is 0 Å².